The maximum absolute atomic E-state index is 10.8. The Balaban J connectivity index is -0.000000241. The van der Waals surface area contributed by atoms with Crippen LogP contribution in [0.1, 0.15) is 169 Å². The van der Waals surface area contributed by atoms with Gasteiger partial charge in [-0.05, 0) is 77.0 Å². The Morgan fingerprint density at radius 1 is 0.460 bits per heavy atom. The van der Waals surface area contributed by atoms with Crippen molar-refractivity contribution in [1.29, 1.82) is 0 Å². The van der Waals surface area contributed by atoms with Gasteiger partial charge in [-0.15, -0.1) is 0 Å². The first-order valence-electron chi connectivity index (χ1n) is 19.7. The monoisotopic (exact) mass is 741 g/mol. The van der Waals surface area contributed by atoms with E-state index in [0.29, 0.717) is 13.2 Å². The molecule has 294 valence electrons. The third kappa shape index (κ3) is 66.0. The van der Waals surface area contributed by atoms with Gasteiger partial charge in [0.25, 0.3) is 10.1 Å². The molecule has 0 aliphatic rings. The summed E-state index contributed by atoms with van der Waals surface area (Å²) in [6, 6.07) is 0. The second-order valence-corrected chi connectivity index (χ2v) is 14.1. The van der Waals surface area contributed by atoms with Crippen molar-refractivity contribution in [2.24, 2.45) is 0 Å². The van der Waals surface area contributed by atoms with E-state index >= 15 is 0 Å². The van der Waals surface area contributed by atoms with Crippen molar-refractivity contribution >= 4 is 10.1 Å². The number of unbranched alkanes of at least 4 members (excludes halogenated alkanes) is 18. The number of rotatable bonds is 34. The van der Waals surface area contributed by atoms with Crippen molar-refractivity contribution in [2.75, 3.05) is 45.9 Å². The van der Waals surface area contributed by atoms with E-state index in [1.165, 1.54) is 116 Å². The van der Waals surface area contributed by atoms with Crippen LogP contribution in [0.2, 0.25) is 0 Å². The summed E-state index contributed by atoms with van der Waals surface area (Å²) < 4.78 is 31.5. The topological polar surface area (TPSA) is 113 Å². The summed E-state index contributed by atoms with van der Waals surface area (Å²) >= 11 is 0. The van der Waals surface area contributed by atoms with Gasteiger partial charge < -0.3 is 21.5 Å². The van der Waals surface area contributed by atoms with Gasteiger partial charge in [0.1, 0.15) is 0 Å². The Morgan fingerprint density at radius 3 is 1.14 bits per heavy atom. The molecule has 0 aliphatic heterocycles. The Bertz CT molecular complexity index is 819. The fraction of sp³-hybridized carbons (Fsp3) is 0.805. The number of hydrogen-bond donors (Lipinski definition) is 3. The van der Waals surface area contributed by atoms with E-state index in [1.807, 2.05) is 0 Å². The molecule has 50 heavy (non-hydrogen) atoms. The molecule has 0 amide bonds. The third-order valence-electron chi connectivity index (χ3n) is 7.47. The van der Waals surface area contributed by atoms with Crippen LogP contribution < -0.4 is 29.6 Å². The molecular formula is C41H81NaO7S. The average Bonchev–Trinajstić information content (AvgIpc) is 3.09. The second-order valence-electron chi connectivity index (χ2n) is 12.5. The number of allylic oxidation sites excluding steroid dienone is 8. The zero-order valence-electron chi connectivity index (χ0n) is 34.2. The average molecular weight is 741 g/mol. The molecule has 0 heterocycles. The first-order valence-corrected chi connectivity index (χ1v) is 21.6. The molecule has 0 bridgehead atoms. The van der Waals surface area contributed by atoms with Crippen LogP contribution in [0.15, 0.2) is 48.6 Å². The van der Waals surface area contributed by atoms with E-state index in [1.54, 1.807) is 0 Å². The Kier molecular flexibility index (Phi) is 59.9. The summed E-state index contributed by atoms with van der Waals surface area (Å²) in [6.07, 6.45) is 48.9. The summed E-state index contributed by atoms with van der Waals surface area (Å²) in [5, 5.41) is 23.8. The molecule has 0 aromatic heterocycles. The number of ether oxygens (including phenoxy) is 1. The minimum absolute atomic E-state index is 0. The van der Waals surface area contributed by atoms with Crippen LogP contribution >= 0.6 is 0 Å². The molecule has 0 atom stereocenters. The van der Waals surface area contributed by atoms with Crippen molar-refractivity contribution < 1.29 is 63.6 Å². The van der Waals surface area contributed by atoms with E-state index in [0.717, 1.165) is 51.4 Å². The predicted molar refractivity (Wildman–Crippen MR) is 213 cm³/mol. The maximum Gasteiger partial charge on any atom is 1.00 e. The van der Waals surface area contributed by atoms with Crippen molar-refractivity contribution in [3.63, 3.8) is 0 Å². The first kappa shape index (κ1) is 56.4. The van der Waals surface area contributed by atoms with Crippen molar-refractivity contribution in [1.82, 2.24) is 0 Å². The molecule has 0 saturated heterocycles. The molecule has 0 aromatic carbocycles. The van der Waals surface area contributed by atoms with Crippen LogP contribution in [0.5, 0.6) is 0 Å². The molecule has 0 unspecified atom stereocenters. The summed E-state index contributed by atoms with van der Waals surface area (Å²) in [5.41, 5.74) is 0. The summed E-state index contributed by atoms with van der Waals surface area (Å²) in [5.74, 6) is 0. The van der Waals surface area contributed by atoms with Crippen LogP contribution in [0, 0.1) is 0 Å². The molecule has 3 N–H and O–H groups in total. The second kappa shape index (κ2) is 53.1. The summed E-state index contributed by atoms with van der Waals surface area (Å²) in [4.78, 5) is 0. The quantitative estimate of drug-likeness (QED) is 0.0269. The van der Waals surface area contributed by atoms with Gasteiger partial charge >= 0.3 is 29.6 Å². The molecule has 0 spiro atoms. The fourth-order valence-corrected chi connectivity index (χ4v) is 5.08. The standard InChI is InChI=1S/C20H38O2.C19H36O3S.C2H6O2.Na.H/c1-2-3-4-5-6-7-8-9-10-11-12-13-14-15-16-17-19-22-20-18-21;1-3-4-5-6-7-8-9-10-11-12-13-14-15-16-17-18-19-22-23(2,20)21;3-1-2-4;;/h6-7,9-10,21H,2-5,8,11-20H2,1H3;7-8,10-11H,3-6,9,12-19H2,1-2H3;3-4H,1-2H2;;/q;;;+1;-1/b7-6-,10-9-;8-7-,11-10-;;;. The van der Waals surface area contributed by atoms with Gasteiger partial charge in [0.2, 0.25) is 0 Å². The van der Waals surface area contributed by atoms with Gasteiger partial charge in [-0.1, -0.05) is 140 Å². The predicted octanol–water partition coefficient (Wildman–Crippen LogP) is 7.67. The fourth-order valence-electron chi connectivity index (χ4n) is 4.66. The van der Waals surface area contributed by atoms with Gasteiger partial charge in [-0.3, -0.25) is 4.18 Å². The molecule has 0 aliphatic carbocycles. The smallest absolute Gasteiger partial charge is 1.00 e. The normalized spacial score (nSPS) is 11.6. The minimum Gasteiger partial charge on any atom is -1.00 e. The summed E-state index contributed by atoms with van der Waals surface area (Å²) in [6.45, 7) is 5.99. The van der Waals surface area contributed by atoms with Crippen LogP contribution in [-0.2, 0) is 19.0 Å². The van der Waals surface area contributed by atoms with E-state index < -0.39 is 10.1 Å². The zero-order valence-corrected chi connectivity index (χ0v) is 36.0. The van der Waals surface area contributed by atoms with E-state index in [-0.39, 0.29) is 50.8 Å². The maximum atomic E-state index is 10.8. The van der Waals surface area contributed by atoms with Crippen molar-refractivity contribution in [2.45, 2.75) is 168 Å². The minimum atomic E-state index is -3.26. The Morgan fingerprint density at radius 2 is 0.800 bits per heavy atom. The van der Waals surface area contributed by atoms with Crippen LogP contribution in [0.3, 0.4) is 0 Å². The zero-order chi connectivity index (χ0) is 36.8. The molecule has 0 fully saturated rings. The number of hydrogen-bond acceptors (Lipinski definition) is 7. The third-order valence-corrected chi connectivity index (χ3v) is 8.06. The van der Waals surface area contributed by atoms with Gasteiger partial charge in [0.15, 0.2) is 0 Å². The Hall–Kier alpha value is -0.290. The first-order chi connectivity index (χ1) is 23.9. The van der Waals surface area contributed by atoms with Gasteiger partial charge in [-0.25, -0.2) is 0 Å². The number of aliphatic hydroxyl groups is 3. The van der Waals surface area contributed by atoms with Crippen LogP contribution in [0.25, 0.3) is 0 Å². The van der Waals surface area contributed by atoms with Gasteiger partial charge in [0.05, 0.1) is 39.3 Å². The van der Waals surface area contributed by atoms with E-state index in [9.17, 15) is 8.42 Å². The molecule has 9 heteroatoms. The molecule has 0 saturated carbocycles. The van der Waals surface area contributed by atoms with Gasteiger partial charge in [-0.2, -0.15) is 8.42 Å². The molecule has 7 nitrogen and oxygen atoms in total. The largest absolute Gasteiger partial charge is 1.00 e. The van der Waals surface area contributed by atoms with Crippen LogP contribution in [-0.4, -0.2) is 69.6 Å². The summed E-state index contributed by atoms with van der Waals surface area (Å²) in [7, 11) is -3.26. The van der Waals surface area contributed by atoms with E-state index in [4.69, 9.17) is 24.2 Å². The van der Waals surface area contributed by atoms with Crippen LogP contribution in [0.4, 0.5) is 0 Å². The van der Waals surface area contributed by atoms with Crippen molar-refractivity contribution in [3.05, 3.63) is 48.6 Å². The Labute approximate surface area is 334 Å². The molecule has 0 rings (SSSR count). The van der Waals surface area contributed by atoms with E-state index in [2.05, 4.69) is 62.5 Å². The molecule has 0 radical (unpaired) electrons. The van der Waals surface area contributed by atoms with Gasteiger partial charge in [0, 0.05) is 6.61 Å². The van der Waals surface area contributed by atoms with Crippen molar-refractivity contribution in [3.8, 4) is 0 Å². The SMILES string of the molecule is CCCCC/C=C\C/C=C\CCCCCCCCOCCO.CCCCC/C=C\C/C=C\CCCCCCCCOS(C)(=O)=O.OCCO.[H-].[Na+]. The number of aliphatic hydroxyl groups excluding tert-OH is 3. The molecule has 0 aromatic rings. The molecular weight excluding hydrogens is 660 g/mol.